The molecule has 0 aliphatic carbocycles. The predicted molar refractivity (Wildman–Crippen MR) is 121 cm³/mol. The molecule has 1 saturated heterocycles. The molecule has 1 amide bonds. The van der Waals surface area contributed by atoms with E-state index in [4.69, 9.17) is 4.74 Å². The molecule has 0 saturated carbocycles. The number of benzene rings is 2. The molecule has 1 N–H and O–H groups in total. The molecule has 1 aliphatic rings. The molecule has 2 aromatic carbocycles. The number of anilines is 1. The summed E-state index contributed by atoms with van der Waals surface area (Å²) in [5.41, 5.74) is 1.56. The smallest absolute Gasteiger partial charge is 0.335 e. The lowest BCUT2D eigenvalue weighted by molar-refractivity contribution is -0.383. The van der Waals surface area contributed by atoms with Crippen LogP contribution in [0.4, 0.5) is 11.4 Å². The van der Waals surface area contributed by atoms with Crippen LogP contribution in [0.25, 0.3) is 6.08 Å². The molecule has 32 heavy (non-hydrogen) atoms. The van der Waals surface area contributed by atoms with Crippen LogP contribution in [0.5, 0.6) is 0 Å². The molecule has 2 aromatic rings. The standard InChI is InChI=1S/C23H26N4O5/c1-32-23(29)19(15-18-7-3-2-4-8-18)16-25-11-13-26(14-12-25)17-22(28)24-20-9-5-6-10-21(20)27(30)31/h2-10,15H,11-14,16-17H2,1H3,(H,24,28)/b19-15+. The van der Waals surface area contributed by atoms with E-state index in [1.54, 1.807) is 12.1 Å². The average Bonchev–Trinajstić information content (AvgIpc) is 2.80. The number of ether oxygens (including phenoxy) is 1. The van der Waals surface area contributed by atoms with Crippen molar-refractivity contribution in [3.63, 3.8) is 0 Å². The zero-order valence-corrected chi connectivity index (χ0v) is 17.9. The summed E-state index contributed by atoms with van der Waals surface area (Å²) >= 11 is 0. The van der Waals surface area contributed by atoms with Crippen LogP contribution in [0.2, 0.25) is 0 Å². The van der Waals surface area contributed by atoms with Crippen molar-refractivity contribution in [2.24, 2.45) is 0 Å². The van der Waals surface area contributed by atoms with Crippen LogP contribution in [0.3, 0.4) is 0 Å². The molecular formula is C23H26N4O5. The van der Waals surface area contributed by atoms with E-state index in [-0.39, 0.29) is 29.8 Å². The molecule has 3 rings (SSSR count). The highest BCUT2D eigenvalue weighted by molar-refractivity contribution is 5.95. The first-order chi connectivity index (χ1) is 15.5. The first kappa shape index (κ1) is 23.1. The van der Waals surface area contributed by atoms with Crippen LogP contribution >= 0.6 is 0 Å². The zero-order valence-electron chi connectivity index (χ0n) is 17.9. The van der Waals surface area contributed by atoms with Crippen LogP contribution in [0.15, 0.2) is 60.2 Å². The minimum Gasteiger partial charge on any atom is -0.466 e. The Hall–Kier alpha value is -3.56. The highest BCUT2D eigenvalue weighted by Crippen LogP contribution is 2.23. The summed E-state index contributed by atoms with van der Waals surface area (Å²) in [6.45, 7) is 3.25. The molecule has 0 radical (unpaired) electrons. The molecule has 1 heterocycles. The van der Waals surface area contributed by atoms with Gasteiger partial charge < -0.3 is 10.1 Å². The molecule has 9 nitrogen and oxygen atoms in total. The fourth-order valence-electron chi connectivity index (χ4n) is 3.53. The summed E-state index contributed by atoms with van der Waals surface area (Å²) in [5.74, 6) is -0.660. The number of esters is 1. The molecule has 0 aromatic heterocycles. The SMILES string of the molecule is COC(=O)/C(=C/c1ccccc1)CN1CCN(CC(=O)Nc2ccccc2[N+](=O)[O-])CC1. The lowest BCUT2D eigenvalue weighted by atomic mass is 10.1. The number of para-hydroxylation sites is 2. The molecule has 1 fully saturated rings. The Kier molecular flexibility index (Phi) is 8.07. The Bertz CT molecular complexity index is 985. The fourth-order valence-corrected chi connectivity index (χ4v) is 3.53. The van der Waals surface area contributed by atoms with Gasteiger partial charge in [0.05, 0.1) is 24.2 Å². The Labute approximate surface area is 186 Å². The minimum absolute atomic E-state index is 0.133. The molecule has 0 atom stereocenters. The van der Waals surface area contributed by atoms with E-state index in [1.807, 2.05) is 41.3 Å². The number of nitro benzene ring substituents is 1. The summed E-state index contributed by atoms with van der Waals surface area (Å²) < 4.78 is 4.94. The van der Waals surface area contributed by atoms with E-state index < -0.39 is 4.92 Å². The van der Waals surface area contributed by atoms with E-state index in [0.717, 1.165) is 5.56 Å². The van der Waals surface area contributed by atoms with E-state index in [1.165, 1.54) is 19.2 Å². The summed E-state index contributed by atoms with van der Waals surface area (Å²) in [5, 5.41) is 13.7. The third-order valence-electron chi connectivity index (χ3n) is 5.19. The van der Waals surface area contributed by atoms with Crippen LogP contribution in [-0.4, -0.2) is 73.0 Å². The summed E-state index contributed by atoms with van der Waals surface area (Å²) in [7, 11) is 1.37. The topological polar surface area (TPSA) is 105 Å². The van der Waals surface area contributed by atoms with Crippen molar-refractivity contribution < 1.29 is 19.2 Å². The number of methoxy groups -OCH3 is 1. The molecule has 0 unspecified atom stereocenters. The second-order valence-corrected chi connectivity index (χ2v) is 7.45. The monoisotopic (exact) mass is 438 g/mol. The van der Waals surface area contributed by atoms with Crippen LogP contribution in [0, 0.1) is 10.1 Å². The largest absolute Gasteiger partial charge is 0.466 e. The average molecular weight is 438 g/mol. The number of piperazine rings is 1. The Morgan fingerprint density at radius 3 is 2.22 bits per heavy atom. The Morgan fingerprint density at radius 1 is 1.00 bits per heavy atom. The molecule has 0 bridgehead atoms. The Morgan fingerprint density at radius 2 is 1.59 bits per heavy atom. The van der Waals surface area contributed by atoms with Crippen LogP contribution in [0.1, 0.15) is 5.56 Å². The van der Waals surface area contributed by atoms with Gasteiger partial charge in [-0.25, -0.2) is 4.79 Å². The first-order valence-electron chi connectivity index (χ1n) is 10.3. The lowest BCUT2D eigenvalue weighted by Gasteiger charge is -2.34. The van der Waals surface area contributed by atoms with Crippen molar-refractivity contribution in [1.29, 1.82) is 0 Å². The number of hydrogen-bond acceptors (Lipinski definition) is 7. The van der Waals surface area contributed by atoms with Gasteiger partial charge >= 0.3 is 5.97 Å². The van der Waals surface area contributed by atoms with Gasteiger partial charge in [-0.05, 0) is 17.7 Å². The normalized spacial score (nSPS) is 15.2. The highest BCUT2D eigenvalue weighted by Gasteiger charge is 2.23. The number of nitro groups is 1. The van der Waals surface area contributed by atoms with Crippen molar-refractivity contribution in [3.05, 3.63) is 75.8 Å². The maximum atomic E-state index is 12.4. The maximum absolute atomic E-state index is 12.4. The van der Waals surface area contributed by atoms with Crippen molar-refractivity contribution in [2.75, 3.05) is 51.7 Å². The van der Waals surface area contributed by atoms with Crippen LogP contribution < -0.4 is 5.32 Å². The van der Waals surface area contributed by atoms with E-state index >= 15 is 0 Å². The third-order valence-corrected chi connectivity index (χ3v) is 5.19. The van der Waals surface area contributed by atoms with Gasteiger partial charge in [0, 0.05) is 38.8 Å². The number of amides is 1. The second-order valence-electron chi connectivity index (χ2n) is 7.45. The first-order valence-corrected chi connectivity index (χ1v) is 10.3. The van der Waals surface area contributed by atoms with E-state index in [9.17, 15) is 19.7 Å². The van der Waals surface area contributed by atoms with Crippen molar-refractivity contribution in [1.82, 2.24) is 9.80 Å². The quantitative estimate of drug-likeness (QED) is 0.292. The van der Waals surface area contributed by atoms with Crippen molar-refractivity contribution in [3.8, 4) is 0 Å². The van der Waals surface area contributed by atoms with Crippen LogP contribution in [-0.2, 0) is 14.3 Å². The molecule has 168 valence electrons. The number of rotatable bonds is 8. The van der Waals surface area contributed by atoms with Gasteiger partial charge in [-0.2, -0.15) is 0 Å². The van der Waals surface area contributed by atoms with Gasteiger partial charge in [0.15, 0.2) is 0 Å². The second kappa shape index (κ2) is 11.2. The van der Waals surface area contributed by atoms with Gasteiger partial charge in [-0.15, -0.1) is 0 Å². The number of nitrogens with zero attached hydrogens (tertiary/aromatic N) is 3. The summed E-state index contributed by atoms with van der Waals surface area (Å²) in [6.07, 6.45) is 1.83. The summed E-state index contributed by atoms with van der Waals surface area (Å²) in [4.78, 5) is 39.3. The van der Waals surface area contributed by atoms with E-state index in [0.29, 0.717) is 38.3 Å². The van der Waals surface area contributed by atoms with E-state index in [2.05, 4.69) is 10.2 Å². The van der Waals surface area contributed by atoms with Gasteiger partial charge in [-0.1, -0.05) is 42.5 Å². The number of carbonyl (C=O) groups excluding carboxylic acids is 2. The Balaban J connectivity index is 1.53. The zero-order chi connectivity index (χ0) is 22.9. The number of hydrogen-bond donors (Lipinski definition) is 1. The number of nitrogens with one attached hydrogen (secondary N) is 1. The van der Waals surface area contributed by atoms with Gasteiger partial charge in [-0.3, -0.25) is 24.7 Å². The van der Waals surface area contributed by atoms with Gasteiger partial charge in [0.2, 0.25) is 5.91 Å². The molecular weight excluding hydrogens is 412 g/mol. The maximum Gasteiger partial charge on any atom is 0.335 e. The van der Waals surface area contributed by atoms with Gasteiger partial charge in [0.1, 0.15) is 5.69 Å². The van der Waals surface area contributed by atoms with Crippen molar-refractivity contribution in [2.45, 2.75) is 0 Å². The predicted octanol–water partition coefficient (Wildman–Crippen LogP) is 2.41. The minimum atomic E-state index is -0.518. The highest BCUT2D eigenvalue weighted by atomic mass is 16.6. The lowest BCUT2D eigenvalue weighted by Crippen LogP contribution is -2.49. The molecule has 9 heteroatoms. The molecule has 1 aliphatic heterocycles. The van der Waals surface area contributed by atoms with Crippen molar-refractivity contribution >= 4 is 29.3 Å². The third kappa shape index (κ3) is 6.47. The molecule has 0 spiro atoms. The number of carbonyl (C=O) groups is 2. The summed E-state index contributed by atoms with van der Waals surface area (Å²) in [6, 6.07) is 15.7. The fraction of sp³-hybridized carbons (Fsp3) is 0.304. The van der Waals surface area contributed by atoms with Gasteiger partial charge in [0.25, 0.3) is 5.69 Å².